The van der Waals surface area contributed by atoms with E-state index in [1.165, 1.54) is 0 Å². The Morgan fingerprint density at radius 3 is 3.08 bits per heavy atom. The van der Waals surface area contributed by atoms with Gasteiger partial charge in [0, 0.05) is 6.42 Å². The molecule has 1 aliphatic carbocycles. The second kappa shape index (κ2) is 2.48. The molecule has 0 unspecified atom stereocenters. The van der Waals surface area contributed by atoms with Crippen molar-refractivity contribution in [2.45, 2.75) is 6.42 Å². The van der Waals surface area contributed by atoms with Gasteiger partial charge in [0.2, 0.25) is 0 Å². The van der Waals surface area contributed by atoms with Crippen molar-refractivity contribution in [1.29, 1.82) is 0 Å². The van der Waals surface area contributed by atoms with Crippen LogP contribution in [-0.2, 0) is 9.59 Å². The van der Waals surface area contributed by atoms with Crippen molar-refractivity contribution in [3.05, 3.63) is 30.1 Å². The molecule has 1 aliphatic heterocycles. The first-order valence-electron chi connectivity index (χ1n) is 3.54. The van der Waals surface area contributed by atoms with Gasteiger partial charge in [0.1, 0.15) is 5.70 Å². The Kier molecular flexibility index (Phi) is 1.46. The Balaban J connectivity index is 2.37. The molecule has 2 aliphatic rings. The summed E-state index contributed by atoms with van der Waals surface area (Å²) >= 11 is 0. The molecule has 0 aromatic rings. The van der Waals surface area contributed by atoms with Crippen LogP contribution < -0.4 is 10.6 Å². The van der Waals surface area contributed by atoms with Gasteiger partial charge < -0.3 is 10.6 Å². The lowest BCUT2D eigenvalue weighted by Crippen LogP contribution is -2.40. The number of ketones is 1. The van der Waals surface area contributed by atoms with Gasteiger partial charge in [0.05, 0.1) is 5.70 Å². The fourth-order valence-corrected chi connectivity index (χ4v) is 1.13. The summed E-state index contributed by atoms with van der Waals surface area (Å²) in [7, 11) is 0. The van der Waals surface area contributed by atoms with Crippen molar-refractivity contribution in [2.75, 3.05) is 0 Å². The molecule has 60 valence electrons. The number of allylic oxidation sites excluding steroid dienone is 3. The molecule has 0 fully saturated rings. The van der Waals surface area contributed by atoms with Gasteiger partial charge in [0.25, 0.3) is 5.91 Å². The molecule has 2 radical (unpaired) electrons. The highest BCUT2D eigenvalue weighted by atomic mass is 16.2. The second-order valence-electron chi connectivity index (χ2n) is 2.52. The molecule has 4 heteroatoms. The maximum absolute atomic E-state index is 11.2. The summed E-state index contributed by atoms with van der Waals surface area (Å²) < 4.78 is 0. The summed E-state index contributed by atoms with van der Waals surface area (Å²) in [6.07, 6.45) is 3.84. The van der Waals surface area contributed by atoms with E-state index in [4.69, 9.17) is 0 Å². The lowest BCUT2D eigenvalue weighted by molar-refractivity contribution is -0.121. The van der Waals surface area contributed by atoms with E-state index in [2.05, 4.69) is 17.2 Å². The monoisotopic (exact) mass is 162 g/mol. The molecule has 0 bridgehead atoms. The molecule has 0 aromatic carbocycles. The molecule has 1 amide bonds. The van der Waals surface area contributed by atoms with Crippen LogP contribution in [0.3, 0.4) is 0 Å². The van der Waals surface area contributed by atoms with Crippen LogP contribution in [0.4, 0.5) is 0 Å². The molecule has 1 heterocycles. The first kappa shape index (κ1) is 7.09. The maximum atomic E-state index is 11.2. The van der Waals surface area contributed by atoms with Crippen molar-refractivity contribution >= 4 is 11.7 Å². The molecular formula is C8H6N2O2. The fourth-order valence-electron chi connectivity index (χ4n) is 1.13. The minimum Gasteiger partial charge on any atom is -0.365 e. The zero-order valence-electron chi connectivity index (χ0n) is 6.18. The molecule has 4 nitrogen and oxygen atoms in total. The molecule has 0 saturated heterocycles. The zero-order chi connectivity index (χ0) is 8.55. The van der Waals surface area contributed by atoms with Gasteiger partial charge in [-0.15, -0.1) is 0 Å². The van der Waals surface area contributed by atoms with E-state index in [1.54, 1.807) is 12.2 Å². The topological polar surface area (TPSA) is 58.2 Å². The average Bonchev–Trinajstić information content (AvgIpc) is 2.07. The molecule has 0 saturated carbocycles. The van der Waals surface area contributed by atoms with Crippen LogP contribution in [0.15, 0.2) is 23.5 Å². The number of carbonyl (C=O) groups is 2. The standard InChI is InChI=1S/C8H6N2O2/c11-6-3-1-2-5-8(6)10-7(12)4-9-5/h1-2,9H,3H2,(H,10,12). The number of hydrogen-bond acceptors (Lipinski definition) is 3. The largest absolute Gasteiger partial charge is 0.365 e. The van der Waals surface area contributed by atoms with Crippen molar-refractivity contribution in [3.8, 4) is 0 Å². The van der Waals surface area contributed by atoms with Gasteiger partial charge in [-0.2, -0.15) is 0 Å². The van der Waals surface area contributed by atoms with E-state index in [0.717, 1.165) is 0 Å². The Morgan fingerprint density at radius 2 is 2.25 bits per heavy atom. The smallest absolute Gasteiger partial charge is 0.256 e. The third-order valence-corrected chi connectivity index (χ3v) is 1.69. The van der Waals surface area contributed by atoms with Crippen LogP contribution in [0.2, 0.25) is 0 Å². The minimum atomic E-state index is -0.405. The first-order valence-corrected chi connectivity index (χ1v) is 3.54. The van der Waals surface area contributed by atoms with Gasteiger partial charge in [-0.25, -0.2) is 0 Å². The Hall–Kier alpha value is -1.58. The lowest BCUT2D eigenvalue weighted by Gasteiger charge is -2.20. The van der Waals surface area contributed by atoms with Gasteiger partial charge >= 0.3 is 0 Å². The van der Waals surface area contributed by atoms with Crippen molar-refractivity contribution < 1.29 is 9.59 Å². The summed E-state index contributed by atoms with van der Waals surface area (Å²) in [4.78, 5) is 22.0. The van der Waals surface area contributed by atoms with E-state index in [9.17, 15) is 9.59 Å². The number of amides is 1. The van der Waals surface area contributed by atoms with Crippen LogP contribution >= 0.6 is 0 Å². The quantitative estimate of drug-likeness (QED) is 0.504. The Bertz CT molecular complexity index is 315. The van der Waals surface area contributed by atoms with E-state index in [-0.39, 0.29) is 5.78 Å². The SMILES string of the molecule is O=C1[C]NC2=C(N1)C(=O)CC=C2. The predicted molar refractivity (Wildman–Crippen MR) is 40.3 cm³/mol. The summed E-state index contributed by atoms with van der Waals surface area (Å²) in [6.45, 7) is 2.34. The highest BCUT2D eigenvalue weighted by Gasteiger charge is 2.23. The van der Waals surface area contributed by atoms with Crippen molar-refractivity contribution in [1.82, 2.24) is 10.6 Å². The highest BCUT2D eigenvalue weighted by molar-refractivity contribution is 6.04. The molecule has 12 heavy (non-hydrogen) atoms. The summed E-state index contributed by atoms with van der Waals surface area (Å²) in [5.41, 5.74) is 0.965. The molecule has 2 N–H and O–H groups in total. The van der Waals surface area contributed by atoms with Crippen LogP contribution in [-0.4, -0.2) is 11.7 Å². The number of nitrogens with one attached hydrogen (secondary N) is 2. The van der Waals surface area contributed by atoms with E-state index < -0.39 is 5.91 Å². The van der Waals surface area contributed by atoms with E-state index in [0.29, 0.717) is 17.8 Å². The third-order valence-electron chi connectivity index (χ3n) is 1.69. The number of Topliss-reactive ketones (excluding diaryl/α,β-unsaturated/α-hetero) is 1. The van der Waals surface area contributed by atoms with Gasteiger partial charge in [-0.3, -0.25) is 9.59 Å². The van der Waals surface area contributed by atoms with Crippen LogP contribution in [0.25, 0.3) is 0 Å². The predicted octanol–water partition coefficient (Wildman–Crippen LogP) is -0.515. The lowest BCUT2D eigenvalue weighted by atomic mass is 10.1. The molecule has 2 rings (SSSR count). The third kappa shape index (κ3) is 1.01. The number of hydrogen-bond donors (Lipinski definition) is 2. The Labute approximate surface area is 69.3 Å². The van der Waals surface area contributed by atoms with E-state index in [1.807, 2.05) is 0 Å². The highest BCUT2D eigenvalue weighted by Crippen LogP contribution is 2.14. The van der Waals surface area contributed by atoms with Crippen molar-refractivity contribution in [3.63, 3.8) is 0 Å². The van der Waals surface area contributed by atoms with E-state index >= 15 is 0 Å². The van der Waals surface area contributed by atoms with Crippen LogP contribution in [0, 0.1) is 6.54 Å². The average molecular weight is 162 g/mol. The minimum absolute atomic E-state index is 0.0742. The van der Waals surface area contributed by atoms with Crippen LogP contribution in [0.5, 0.6) is 0 Å². The summed E-state index contributed by atoms with van der Waals surface area (Å²) in [6, 6.07) is 0. The Morgan fingerprint density at radius 1 is 1.42 bits per heavy atom. The second-order valence-corrected chi connectivity index (χ2v) is 2.52. The molecule has 0 aromatic heterocycles. The normalized spacial score (nSPS) is 21.7. The number of carbonyl (C=O) groups excluding carboxylic acids is 2. The number of rotatable bonds is 0. The van der Waals surface area contributed by atoms with Gasteiger partial charge in [-0.1, -0.05) is 6.08 Å². The maximum Gasteiger partial charge on any atom is 0.256 e. The molecule has 0 atom stereocenters. The summed E-state index contributed by atoms with van der Waals surface area (Å²) in [5, 5.41) is 5.05. The fraction of sp³-hybridized carbons (Fsp3) is 0.125. The van der Waals surface area contributed by atoms with Crippen molar-refractivity contribution in [2.24, 2.45) is 0 Å². The van der Waals surface area contributed by atoms with Crippen LogP contribution in [0.1, 0.15) is 6.42 Å². The van der Waals surface area contributed by atoms with Gasteiger partial charge in [-0.05, 0) is 6.08 Å². The molecular weight excluding hydrogens is 156 g/mol. The molecule has 0 spiro atoms. The van der Waals surface area contributed by atoms with Gasteiger partial charge in [0.15, 0.2) is 12.3 Å². The zero-order valence-corrected chi connectivity index (χ0v) is 6.18. The summed E-state index contributed by atoms with van der Waals surface area (Å²) in [5.74, 6) is -0.479. The first-order chi connectivity index (χ1) is 5.77.